The van der Waals surface area contributed by atoms with Gasteiger partial charge in [-0.05, 0) is 61.2 Å². The van der Waals surface area contributed by atoms with Gasteiger partial charge < -0.3 is 19.3 Å². The number of amides is 1. The van der Waals surface area contributed by atoms with E-state index in [0.717, 1.165) is 36.3 Å². The van der Waals surface area contributed by atoms with E-state index >= 15 is 0 Å². The maximum atomic E-state index is 12.9. The van der Waals surface area contributed by atoms with Crippen LogP contribution in [0.25, 0.3) is 0 Å². The summed E-state index contributed by atoms with van der Waals surface area (Å²) in [6.07, 6.45) is 2.13. The molecule has 29 heavy (non-hydrogen) atoms. The molecule has 0 aromatic heterocycles. The molecule has 3 rings (SSSR count). The lowest BCUT2D eigenvalue weighted by atomic mass is 10.1. The normalized spacial score (nSPS) is 15.9. The number of carbonyl (C=O) groups is 1. The molecule has 0 unspecified atom stereocenters. The molecule has 2 aromatic carbocycles. The summed E-state index contributed by atoms with van der Waals surface area (Å²) in [5, 5.41) is 0.685. The van der Waals surface area contributed by atoms with E-state index in [2.05, 4.69) is 29.2 Å². The summed E-state index contributed by atoms with van der Waals surface area (Å²) < 4.78 is 11.5. The number of hydrogen-bond acceptors (Lipinski definition) is 4. The molecular weight excluding hydrogens is 388 g/mol. The van der Waals surface area contributed by atoms with Crippen molar-refractivity contribution in [1.82, 2.24) is 4.90 Å². The fourth-order valence-corrected chi connectivity index (χ4v) is 3.47. The van der Waals surface area contributed by atoms with Gasteiger partial charge in [0, 0.05) is 44.5 Å². The van der Waals surface area contributed by atoms with Crippen molar-refractivity contribution in [2.75, 3.05) is 38.8 Å². The van der Waals surface area contributed by atoms with Crippen molar-refractivity contribution in [1.29, 1.82) is 0 Å². The predicted molar refractivity (Wildman–Crippen MR) is 117 cm³/mol. The Bertz CT molecular complexity index is 817. The number of ether oxygens (including phenoxy) is 2. The Kier molecular flexibility index (Phi) is 7.40. The van der Waals surface area contributed by atoms with Gasteiger partial charge in [0.15, 0.2) is 6.61 Å². The Hall–Kier alpha value is -2.24. The Morgan fingerprint density at radius 1 is 1.21 bits per heavy atom. The van der Waals surface area contributed by atoms with Crippen molar-refractivity contribution in [2.45, 2.75) is 32.4 Å². The van der Waals surface area contributed by atoms with Crippen LogP contribution in [0.4, 0.5) is 5.69 Å². The van der Waals surface area contributed by atoms with Gasteiger partial charge in [0.1, 0.15) is 5.75 Å². The fraction of sp³-hybridized carbons (Fsp3) is 0.435. The fourth-order valence-electron chi connectivity index (χ4n) is 3.35. The van der Waals surface area contributed by atoms with Gasteiger partial charge in [-0.1, -0.05) is 23.7 Å². The third-order valence-electron chi connectivity index (χ3n) is 5.12. The van der Waals surface area contributed by atoms with Gasteiger partial charge in [-0.15, -0.1) is 0 Å². The Morgan fingerprint density at radius 3 is 2.59 bits per heavy atom. The van der Waals surface area contributed by atoms with Gasteiger partial charge in [0.25, 0.3) is 5.91 Å². The van der Waals surface area contributed by atoms with Crippen molar-refractivity contribution < 1.29 is 14.3 Å². The number of hydrogen-bond donors (Lipinski definition) is 0. The summed E-state index contributed by atoms with van der Waals surface area (Å²) in [7, 11) is 4.02. The molecular formula is C23H29ClN2O3. The number of nitrogens with zero attached hydrogens (tertiary/aromatic N) is 2. The topological polar surface area (TPSA) is 42.0 Å². The van der Waals surface area contributed by atoms with E-state index in [-0.39, 0.29) is 18.6 Å². The standard InChI is InChI=1S/C23H29ClN2O3/c1-17-13-20(10-11-22(17)24)29-16-23(27)26(15-21-5-4-12-28-21)14-18-6-8-19(9-7-18)25(2)3/h6-11,13,21H,4-5,12,14-16H2,1-3H3/t21-/m1/s1. The zero-order chi connectivity index (χ0) is 20.8. The predicted octanol–water partition coefficient (Wildman–Crippen LogP) is 4.30. The van der Waals surface area contributed by atoms with Gasteiger partial charge in [-0.25, -0.2) is 0 Å². The molecule has 1 fully saturated rings. The van der Waals surface area contributed by atoms with Gasteiger partial charge in [-0.2, -0.15) is 0 Å². The van der Waals surface area contributed by atoms with E-state index in [0.29, 0.717) is 23.9 Å². The van der Waals surface area contributed by atoms with Crippen molar-refractivity contribution in [3.63, 3.8) is 0 Å². The molecule has 0 aliphatic carbocycles. The molecule has 2 aromatic rings. The van der Waals surface area contributed by atoms with Crippen LogP contribution in [0.5, 0.6) is 5.75 Å². The number of carbonyl (C=O) groups excluding carboxylic acids is 1. The number of anilines is 1. The molecule has 1 aliphatic heterocycles. The maximum absolute atomic E-state index is 12.9. The van der Waals surface area contributed by atoms with E-state index in [9.17, 15) is 4.79 Å². The monoisotopic (exact) mass is 416 g/mol. The van der Waals surface area contributed by atoms with Crippen molar-refractivity contribution >= 4 is 23.2 Å². The lowest BCUT2D eigenvalue weighted by Crippen LogP contribution is -2.39. The van der Waals surface area contributed by atoms with Crippen LogP contribution in [0.2, 0.25) is 5.02 Å². The summed E-state index contributed by atoms with van der Waals surface area (Å²) in [5.74, 6) is 0.595. The zero-order valence-electron chi connectivity index (χ0n) is 17.4. The molecule has 1 saturated heterocycles. The van der Waals surface area contributed by atoms with Gasteiger partial charge >= 0.3 is 0 Å². The Morgan fingerprint density at radius 2 is 1.97 bits per heavy atom. The lowest BCUT2D eigenvalue weighted by molar-refractivity contribution is -0.135. The van der Waals surface area contributed by atoms with Crippen LogP contribution in [-0.2, 0) is 16.1 Å². The Balaban J connectivity index is 1.66. The Labute approximate surface area is 178 Å². The first-order valence-electron chi connectivity index (χ1n) is 9.97. The van der Waals surface area contributed by atoms with Gasteiger partial charge in [0.05, 0.1) is 6.10 Å². The molecule has 0 N–H and O–H groups in total. The molecule has 0 radical (unpaired) electrons. The summed E-state index contributed by atoms with van der Waals surface area (Å²) in [6, 6.07) is 13.7. The summed E-state index contributed by atoms with van der Waals surface area (Å²) >= 11 is 6.06. The van der Waals surface area contributed by atoms with Crippen LogP contribution in [0.1, 0.15) is 24.0 Å². The highest BCUT2D eigenvalue weighted by Crippen LogP contribution is 2.22. The highest BCUT2D eigenvalue weighted by atomic mass is 35.5. The molecule has 6 heteroatoms. The summed E-state index contributed by atoms with van der Waals surface area (Å²) in [4.78, 5) is 16.8. The third kappa shape index (κ3) is 6.12. The minimum atomic E-state index is -0.0511. The maximum Gasteiger partial charge on any atom is 0.260 e. The lowest BCUT2D eigenvalue weighted by Gasteiger charge is -2.26. The SMILES string of the molecule is Cc1cc(OCC(=O)N(Cc2ccc(N(C)C)cc2)C[C@H]2CCCO2)ccc1Cl. The first-order valence-corrected chi connectivity index (χ1v) is 10.3. The summed E-state index contributed by atoms with van der Waals surface area (Å²) in [6.45, 7) is 3.79. The molecule has 0 bridgehead atoms. The van der Waals surface area contributed by atoms with Gasteiger partial charge in [0.2, 0.25) is 0 Å². The van der Waals surface area contributed by atoms with Crippen LogP contribution in [0, 0.1) is 6.92 Å². The van der Waals surface area contributed by atoms with E-state index in [1.54, 1.807) is 12.1 Å². The average molecular weight is 417 g/mol. The molecule has 0 spiro atoms. The second kappa shape index (κ2) is 9.99. The second-order valence-corrected chi connectivity index (χ2v) is 8.08. The van der Waals surface area contributed by atoms with Gasteiger partial charge in [-0.3, -0.25) is 4.79 Å². The van der Waals surface area contributed by atoms with E-state index in [4.69, 9.17) is 21.1 Å². The van der Waals surface area contributed by atoms with Crippen LogP contribution in [0.3, 0.4) is 0 Å². The molecule has 156 valence electrons. The average Bonchev–Trinajstić information content (AvgIpc) is 3.21. The van der Waals surface area contributed by atoms with E-state index < -0.39 is 0 Å². The first-order chi connectivity index (χ1) is 13.9. The minimum Gasteiger partial charge on any atom is -0.484 e. The quantitative estimate of drug-likeness (QED) is 0.643. The number of aryl methyl sites for hydroxylation is 1. The molecule has 1 amide bonds. The van der Waals surface area contributed by atoms with E-state index in [1.165, 1.54) is 0 Å². The van der Waals surface area contributed by atoms with Crippen LogP contribution in [0.15, 0.2) is 42.5 Å². The third-order valence-corrected chi connectivity index (χ3v) is 5.54. The minimum absolute atomic E-state index is 0.0103. The van der Waals surface area contributed by atoms with Crippen molar-refractivity contribution in [3.05, 3.63) is 58.6 Å². The van der Waals surface area contributed by atoms with E-state index in [1.807, 2.05) is 32.0 Å². The van der Waals surface area contributed by atoms with Crippen LogP contribution >= 0.6 is 11.6 Å². The number of halogens is 1. The van der Waals surface area contributed by atoms with Crippen molar-refractivity contribution in [2.24, 2.45) is 0 Å². The number of benzene rings is 2. The van der Waals surface area contributed by atoms with Crippen LogP contribution < -0.4 is 9.64 Å². The van der Waals surface area contributed by atoms with Crippen molar-refractivity contribution in [3.8, 4) is 5.75 Å². The smallest absolute Gasteiger partial charge is 0.260 e. The highest BCUT2D eigenvalue weighted by molar-refractivity contribution is 6.31. The zero-order valence-corrected chi connectivity index (χ0v) is 18.1. The summed E-state index contributed by atoms with van der Waals surface area (Å²) in [5.41, 5.74) is 3.14. The molecule has 0 saturated carbocycles. The molecule has 1 atom stereocenters. The highest BCUT2D eigenvalue weighted by Gasteiger charge is 2.23. The number of rotatable bonds is 8. The van der Waals surface area contributed by atoms with Crippen LogP contribution in [-0.4, -0.2) is 50.8 Å². The molecule has 1 heterocycles. The molecule has 1 aliphatic rings. The second-order valence-electron chi connectivity index (χ2n) is 7.67. The first kappa shape index (κ1) is 21.5. The largest absolute Gasteiger partial charge is 0.484 e. The molecule has 5 nitrogen and oxygen atoms in total.